The lowest BCUT2D eigenvalue weighted by atomic mass is 9.80. The fraction of sp³-hybridized carbons (Fsp3) is 0.333. The Hall–Kier alpha value is -3.28. The lowest BCUT2D eigenvalue weighted by molar-refractivity contribution is -0.151. The average molecular weight is 407 g/mol. The molecule has 2 aliphatic rings. The molecular formula is C24H25NO5. The van der Waals surface area contributed by atoms with E-state index < -0.39 is 12.0 Å². The number of benzene rings is 2. The Morgan fingerprint density at radius 3 is 2.63 bits per heavy atom. The first-order valence-electron chi connectivity index (χ1n) is 10.1. The molecule has 156 valence electrons. The van der Waals surface area contributed by atoms with Gasteiger partial charge in [-0.05, 0) is 36.1 Å². The van der Waals surface area contributed by atoms with Gasteiger partial charge in [-0.3, -0.25) is 4.79 Å². The van der Waals surface area contributed by atoms with Crippen molar-refractivity contribution < 1.29 is 23.8 Å². The van der Waals surface area contributed by atoms with Crippen LogP contribution in [0.5, 0.6) is 11.5 Å². The number of methoxy groups -OCH3 is 1. The summed E-state index contributed by atoms with van der Waals surface area (Å²) in [4.78, 5) is 27.7. The monoisotopic (exact) mass is 407 g/mol. The highest BCUT2D eigenvalue weighted by Crippen LogP contribution is 2.41. The van der Waals surface area contributed by atoms with Gasteiger partial charge in [-0.2, -0.15) is 0 Å². The Morgan fingerprint density at radius 2 is 1.90 bits per heavy atom. The molecule has 0 aromatic heterocycles. The van der Waals surface area contributed by atoms with Gasteiger partial charge in [0.25, 0.3) is 0 Å². The summed E-state index contributed by atoms with van der Waals surface area (Å²) >= 11 is 0. The second-order valence-corrected chi connectivity index (χ2v) is 7.48. The Balaban J connectivity index is 1.73. The molecule has 6 nitrogen and oxygen atoms in total. The summed E-state index contributed by atoms with van der Waals surface area (Å²) in [7, 11) is 1.36. The molecule has 0 N–H and O–H groups in total. The molecule has 1 saturated heterocycles. The smallest absolute Gasteiger partial charge is 0.328 e. The molecule has 2 heterocycles. The second kappa shape index (κ2) is 8.61. The molecule has 2 aliphatic heterocycles. The zero-order valence-electron chi connectivity index (χ0n) is 17.0. The number of amides is 1. The SMILES string of the molecule is C=C[C@H](c1ccc2c(c1)OCO2)[C@H](C(=O)N1CCC[C@H]1C(=O)OC)c1ccccc1. The minimum Gasteiger partial charge on any atom is -0.467 e. The van der Waals surface area contributed by atoms with Crippen molar-refractivity contribution in [2.45, 2.75) is 30.7 Å². The van der Waals surface area contributed by atoms with Gasteiger partial charge in [0.15, 0.2) is 11.5 Å². The van der Waals surface area contributed by atoms with Gasteiger partial charge in [0.2, 0.25) is 12.7 Å². The van der Waals surface area contributed by atoms with E-state index in [9.17, 15) is 9.59 Å². The molecule has 0 saturated carbocycles. The van der Waals surface area contributed by atoms with Gasteiger partial charge in [-0.15, -0.1) is 6.58 Å². The highest BCUT2D eigenvalue weighted by atomic mass is 16.7. The largest absolute Gasteiger partial charge is 0.467 e. The summed E-state index contributed by atoms with van der Waals surface area (Å²) in [6, 6.07) is 14.8. The van der Waals surface area contributed by atoms with E-state index in [2.05, 4.69) is 6.58 Å². The molecule has 0 radical (unpaired) electrons. The molecule has 2 aromatic carbocycles. The lowest BCUT2D eigenvalue weighted by Gasteiger charge is -2.31. The Kier molecular flexibility index (Phi) is 5.74. The molecule has 6 heteroatoms. The van der Waals surface area contributed by atoms with Gasteiger partial charge in [0, 0.05) is 12.5 Å². The van der Waals surface area contributed by atoms with Crippen molar-refractivity contribution in [2.24, 2.45) is 0 Å². The van der Waals surface area contributed by atoms with Crippen LogP contribution < -0.4 is 9.47 Å². The minimum absolute atomic E-state index is 0.100. The van der Waals surface area contributed by atoms with Crippen LogP contribution in [-0.4, -0.2) is 43.3 Å². The predicted molar refractivity (Wildman–Crippen MR) is 111 cm³/mol. The topological polar surface area (TPSA) is 65.1 Å². The third kappa shape index (κ3) is 3.65. The number of rotatable bonds is 6. The number of hydrogen-bond acceptors (Lipinski definition) is 5. The number of esters is 1. The molecule has 4 rings (SSSR count). The number of likely N-dealkylation sites (tertiary alicyclic amines) is 1. The first-order chi connectivity index (χ1) is 14.6. The molecule has 3 atom stereocenters. The summed E-state index contributed by atoms with van der Waals surface area (Å²) in [5.74, 6) is 0.0619. The van der Waals surface area contributed by atoms with Crippen LogP contribution in [0.4, 0.5) is 0 Å². The maximum Gasteiger partial charge on any atom is 0.328 e. The highest BCUT2D eigenvalue weighted by molar-refractivity contribution is 5.90. The number of hydrogen-bond donors (Lipinski definition) is 0. The van der Waals surface area contributed by atoms with Gasteiger partial charge in [0.1, 0.15) is 6.04 Å². The van der Waals surface area contributed by atoms with E-state index in [0.29, 0.717) is 24.5 Å². The molecule has 30 heavy (non-hydrogen) atoms. The van der Waals surface area contributed by atoms with Crippen LogP contribution in [0.1, 0.15) is 35.8 Å². The van der Waals surface area contributed by atoms with Crippen LogP contribution in [0.2, 0.25) is 0 Å². The van der Waals surface area contributed by atoms with E-state index in [1.807, 2.05) is 48.5 Å². The zero-order chi connectivity index (χ0) is 21.1. The predicted octanol–water partition coefficient (Wildman–Crippen LogP) is 3.63. The molecule has 0 unspecified atom stereocenters. The summed E-state index contributed by atoms with van der Waals surface area (Å²) in [6.45, 7) is 4.74. The van der Waals surface area contributed by atoms with Gasteiger partial charge in [0.05, 0.1) is 13.0 Å². The van der Waals surface area contributed by atoms with E-state index >= 15 is 0 Å². The second-order valence-electron chi connectivity index (χ2n) is 7.48. The normalized spacial score (nSPS) is 19.2. The quantitative estimate of drug-likeness (QED) is 0.540. The van der Waals surface area contributed by atoms with E-state index in [1.54, 1.807) is 11.0 Å². The fourth-order valence-electron chi connectivity index (χ4n) is 4.34. The standard InChI is InChI=1S/C24H25NO5/c1-3-18(17-11-12-20-21(14-17)30-15-29-20)22(16-8-5-4-6-9-16)23(26)25-13-7-10-19(25)24(27)28-2/h3-6,8-9,11-12,14,18-19,22H,1,7,10,13,15H2,2H3/t18-,19+,22-/m1/s1. The van der Waals surface area contributed by atoms with Gasteiger partial charge >= 0.3 is 5.97 Å². The molecule has 2 aromatic rings. The van der Waals surface area contributed by atoms with Crippen LogP contribution in [-0.2, 0) is 14.3 Å². The summed E-state index contributed by atoms with van der Waals surface area (Å²) in [5, 5.41) is 0. The number of carbonyl (C=O) groups is 2. The molecular weight excluding hydrogens is 382 g/mol. The third-order valence-corrected chi connectivity index (χ3v) is 5.83. The van der Waals surface area contributed by atoms with Crippen LogP contribution in [0.3, 0.4) is 0 Å². The fourth-order valence-corrected chi connectivity index (χ4v) is 4.34. The van der Waals surface area contributed by atoms with E-state index in [1.165, 1.54) is 7.11 Å². The number of carbonyl (C=O) groups excluding carboxylic acids is 2. The van der Waals surface area contributed by atoms with Crippen molar-refractivity contribution in [3.05, 3.63) is 72.3 Å². The van der Waals surface area contributed by atoms with Crippen molar-refractivity contribution >= 4 is 11.9 Å². The van der Waals surface area contributed by atoms with E-state index in [4.69, 9.17) is 14.2 Å². The Bertz CT molecular complexity index is 942. The van der Waals surface area contributed by atoms with Crippen molar-refractivity contribution in [1.29, 1.82) is 0 Å². The van der Waals surface area contributed by atoms with Gasteiger partial charge in [-0.25, -0.2) is 4.79 Å². The van der Waals surface area contributed by atoms with Crippen molar-refractivity contribution in [3.63, 3.8) is 0 Å². The van der Waals surface area contributed by atoms with E-state index in [0.717, 1.165) is 17.5 Å². The Labute approximate surface area is 176 Å². The maximum atomic E-state index is 13.8. The average Bonchev–Trinajstić information content (AvgIpc) is 3.46. The first-order valence-corrected chi connectivity index (χ1v) is 10.1. The molecule has 0 aliphatic carbocycles. The summed E-state index contributed by atoms with van der Waals surface area (Å²) in [5.41, 5.74) is 1.78. The number of ether oxygens (including phenoxy) is 3. The molecule has 1 amide bonds. The third-order valence-electron chi connectivity index (χ3n) is 5.83. The summed E-state index contributed by atoms with van der Waals surface area (Å²) in [6.07, 6.45) is 3.18. The van der Waals surface area contributed by atoms with Crippen LogP contribution in [0, 0.1) is 0 Å². The van der Waals surface area contributed by atoms with Gasteiger partial charge in [-0.1, -0.05) is 42.5 Å². The van der Waals surface area contributed by atoms with Crippen molar-refractivity contribution in [2.75, 3.05) is 20.4 Å². The highest BCUT2D eigenvalue weighted by Gasteiger charge is 2.40. The number of fused-ring (bicyclic) bond motifs is 1. The summed E-state index contributed by atoms with van der Waals surface area (Å²) < 4.78 is 15.9. The van der Waals surface area contributed by atoms with Crippen LogP contribution in [0.25, 0.3) is 0 Å². The van der Waals surface area contributed by atoms with Crippen molar-refractivity contribution in [1.82, 2.24) is 4.90 Å². The lowest BCUT2D eigenvalue weighted by Crippen LogP contribution is -2.44. The van der Waals surface area contributed by atoms with Crippen LogP contribution >= 0.6 is 0 Å². The van der Waals surface area contributed by atoms with E-state index in [-0.39, 0.29) is 24.6 Å². The molecule has 1 fully saturated rings. The molecule has 0 bridgehead atoms. The zero-order valence-corrected chi connectivity index (χ0v) is 17.0. The number of allylic oxidation sites excluding steroid dienone is 1. The number of nitrogens with zero attached hydrogens (tertiary/aromatic N) is 1. The van der Waals surface area contributed by atoms with Gasteiger partial charge < -0.3 is 19.1 Å². The minimum atomic E-state index is -0.545. The van der Waals surface area contributed by atoms with Crippen molar-refractivity contribution in [3.8, 4) is 11.5 Å². The first kappa shape index (κ1) is 20.0. The Morgan fingerprint density at radius 1 is 1.13 bits per heavy atom. The molecule has 0 spiro atoms. The van der Waals surface area contributed by atoms with Crippen LogP contribution in [0.15, 0.2) is 61.2 Å². The maximum absolute atomic E-state index is 13.8.